The fourth-order valence-corrected chi connectivity index (χ4v) is 1.94. The number of nitrogens with zero attached hydrogens (tertiary/aromatic N) is 2. The van der Waals surface area contributed by atoms with Gasteiger partial charge in [-0.2, -0.15) is 10.5 Å². The lowest BCUT2D eigenvalue weighted by Gasteiger charge is -2.19. The molecule has 0 aliphatic heterocycles. The van der Waals surface area contributed by atoms with Gasteiger partial charge in [-0.15, -0.1) is 0 Å². The molecule has 6 nitrogen and oxygen atoms in total. The monoisotopic (exact) mass is 335 g/mol. The number of benzene rings is 2. The third-order valence-electron chi connectivity index (χ3n) is 2.97. The van der Waals surface area contributed by atoms with Crippen molar-refractivity contribution in [1.82, 2.24) is 0 Å². The zero-order valence-corrected chi connectivity index (χ0v) is 14.2. The number of nitrogens with one attached hydrogen (secondary N) is 1. The van der Waals surface area contributed by atoms with E-state index in [0.29, 0.717) is 22.7 Å². The Bertz CT molecular complexity index is 853. The molecule has 0 saturated carbocycles. The van der Waals surface area contributed by atoms with Gasteiger partial charge in [0.15, 0.2) is 0 Å². The Morgan fingerprint density at radius 3 is 2.12 bits per heavy atom. The molecule has 0 aliphatic rings. The third kappa shape index (κ3) is 5.26. The van der Waals surface area contributed by atoms with Gasteiger partial charge in [0.25, 0.3) is 0 Å². The van der Waals surface area contributed by atoms with Crippen molar-refractivity contribution in [2.45, 2.75) is 26.4 Å². The molecule has 1 amide bonds. The molecule has 126 valence electrons. The molecule has 6 heteroatoms. The number of anilines is 1. The lowest BCUT2D eigenvalue weighted by molar-refractivity contribution is 0.0636. The van der Waals surface area contributed by atoms with Crippen LogP contribution in [0.2, 0.25) is 0 Å². The summed E-state index contributed by atoms with van der Waals surface area (Å²) in [5.74, 6) is 0.978. The van der Waals surface area contributed by atoms with E-state index >= 15 is 0 Å². The van der Waals surface area contributed by atoms with Crippen molar-refractivity contribution in [2.24, 2.45) is 0 Å². The summed E-state index contributed by atoms with van der Waals surface area (Å²) in [6.07, 6.45) is -0.535. The highest BCUT2D eigenvalue weighted by atomic mass is 16.6. The Kier molecular flexibility index (Phi) is 5.26. The van der Waals surface area contributed by atoms with Gasteiger partial charge in [0, 0.05) is 5.69 Å². The Balaban J connectivity index is 2.05. The molecule has 0 atom stereocenters. The summed E-state index contributed by atoms with van der Waals surface area (Å²) in [7, 11) is 0. The van der Waals surface area contributed by atoms with Crippen LogP contribution in [0.25, 0.3) is 0 Å². The van der Waals surface area contributed by atoms with Crippen LogP contribution in [0.3, 0.4) is 0 Å². The minimum Gasteiger partial charge on any atom is -0.457 e. The van der Waals surface area contributed by atoms with Crippen LogP contribution in [0.15, 0.2) is 42.5 Å². The maximum Gasteiger partial charge on any atom is 0.412 e. The zero-order valence-electron chi connectivity index (χ0n) is 14.2. The topological polar surface area (TPSA) is 95.1 Å². The Hall–Kier alpha value is -3.51. The van der Waals surface area contributed by atoms with Crippen LogP contribution in [0, 0.1) is 22.7 Å². The van der Waals surface area contributed by atoms with Crippen molar-refractivity contribution in [3.63, 3.8) is 0 Å². The molecule has 0 radical (unpaired) electrons. The quantitative estimate of drug-likeness (QED) is 0.886. The molecule has 25 heavy (non-hydrogen) atoms. The SMILES string of the molecule is CC(C)(C)OC(=O)Nc1ccc(Oc2ccc(C#N)c(C#N)c2)cc1. The van der Waals surface area contributed by atoms with Gasteiger partial charge in [0.2, 0.25) is 0 Å². The van der Waals surface area contributed by atoms with Gasteiger partial charge in [-0.1, -0.05) is 0 Å². The predicted molar refractivity (Wildman–Crippen MR) is 92.2 cm³/mol. The van der Waals surface area contributed by atoms with Crippen LogP contribution in [-0.4, -0.2) is 11.7 Å². The van der Waals surface area contributed by atoms with Crippen LogP contribution < -0.4 is 10.1 Å². The van der Waals surface area contributed by atoms with Crippen molar-refractivity contribution in [1.29, 1.82) is 10.5 Å². The van der Waals surface area contributed by atoms with Gasteiger partial charge in [-0.3, -0.25) is 5.32 Å². The molecule has 0 fully saturated rings. The lowest BCUT2D eigenvalue weighted by Crippen LogP contribution is -2.27. The predicted octanol–water partition coefficient (Wildman–Crippen LogP) is 4.57. The molecule has 2 rings (SSSR count). The van der Waals surface area contributed by atoms with E-state index in [9.17, 15) is 4.79 Å². The fourth-order valence-electron chi connectivity index (χ4n) is 1.94. The van der Waals surface area contributed by atoms with E-state index in [1.165, 1.54) is 12.1 Å². The second-order valence-corrected chi connectivity index (χ2v) is 6.18. The van der Waals surface area contributed by atoms with Crippen LogP contribution >= 0.6 is 0 Å². The van der Waals surface area contributed by atoms with Gasteiger partial charge in [0.1, 0.15) is 29.2 Å². The number of hydrogen-bond donors (Lipinski definition) is 1. The van der Waals surface area contributed by atoms with Crippen molar-refractivity contribution < 1.29 is 14.3 Å². The molecule has 0 spiro atoms. The summed E-state index contributed by atoms with van der Waals surface area (Å²) in [6.45, 7) is 5.36. The molecule has 1 N–H and O–H groups in total. The molecular weight excluding hydrogens is 318 g/mol. The smallest absolute Gasteiger partial charge is 0.412 e. The Morgan fingerprint density at radius 2 is 1.56 bits per heavy atom. The molecule has 0 aliphatic carbocycles. The number of rotatable bonds is 3. The number of carbonyl (C=O) groups is 1. The molecule has 2 aromatic carbocycles. The maximum absolute atomic E-state index is 11.7. The average Bonchev–Trinajstić information content (AvgIpc) is 2.54. The number of hydrogen-bond acceptors (Lipinski definition) is 5. The number of carbonyl (C=O) groups excluding carboxylic acids is 1. The number of amides is 1. The summed E-state index contributed by atoms with van der Waals surface area (Å²) < 4.78 is 10.8. The molecule has 0 bridgehead atoms. The van der Waals surface area contributed by atoms with Gasteiger partial charge >= 0.3 is 6.09 Å². The Morgan fingerprint density at radius 1 is 0.960 bits per heavy atom. The van der Waals surface area contributed by atoms with E-state index < -0.39 is 11.7 Å². The van der Waals surface area contributed by atoms with E-state index in [1.54, 1.807) is 51.1 Å². The second-order valence-electron chi connectivity index (χ2n) is 6.18. The molecule has 2 aromatic rings. The minimum atomic E-state index is -0.568. The summed E-state index contributed by atoms with van der Waals surface area (Å²) in [6, 6.07) is 15.3. The van der Waals surface area contributed by atoms with Crippen LogP contribution in [0.5, 0.6) is 11.5 Å². The van der Waals surface area contributed by atoms with Crippen molar-refractivity contribution in [2.75, 3.05) is 5.32 Å². The van der Waals surface area contributed by atoms with Crippen molar-refractivity contribution >= 4 is 11.8 Å². The standard InChI is InChI=1S/C19H17N3O3/c1-19(2,3)25-18(23)22-15-5-8-16(9-6-15)24-17-7-4-13(11-20)14(10-17)12-21/h4-10H,1-3H3,(H,22,23). The molecule has 0 aromatic heterocycles. The molecule has 0 heterocycles. The van der Waals surface area contributed by atoms with Crippen LogP contribution in [-0.2, 0) is 4.74 Å². The first-order valence-corrected chi connectivity index (χ1v) is 7.53. The van der Waals surface area contributed by atoms with Crippen molar-refractivity contribution in [3.8, 4) is 23.6 Å². The van der Waals surface area contributed by atoms with Crippen LogP contribution in [0.1, 0.15) is 31.9 Å². The van der Waals surface area contributed by atoms with Crippen LogP contribution in [0.4, 0.5) is 10.5 Å². The second kappa shape index (κ2) is 7.37. The van der Waals surface area contributed by atoms with Gasteiger partial charge < -0.3 is 9.47 Å². The van der Waals surface area contributed by atoms with Crippen molar-refractivity contribution in [3.05, 3.63) is 53.6 Å². The van der Waals surface area contributed by atoms with Gasteiger partial charge in [-0.25, -0.2) is 4.79 Å². The highest BCUT2D eigenvalue weighted by molar-refractivity contribution is 5.84. The number of ether oxygens (including phenoxy) is 2. The normalized spacial score (nSPS) is 10.3. The summed E-state index contributed by atoms with van der Waals surface area (Å²) >= 11 is 0. The number of nitriles is 2. The third-order valence-corrected chi connectivity index (χ3v) is 2.97. The summed E-state index contributed by atoms with van der Waals surface area (Å²) in [4.78, 5) is 11.7. The maximum atomic E-state index is 11.7. The first kappa shape index (κ1) is 17.8. The van der Waals surface area contributed by atoms with E-state index in [0.717, 1.165) is 0 Å². The largest absolute Gasteiger partial charge is 0.457 e. The highest BCUT2D eigenvalue weighted by Crippen LogP contribution is 2.25. The minimum absolute atomic E-state index is 0.253. The molecular formula is C19H17N3O3. The van der Waals surface area contributed by atoms with Gasteiger partial charge in [0.05, 0.1) is 11.1 Å². The summed E-state index contributed by atoms with van der Waals surface area (Å²) in [5.41, 5.74) is 0.551. The zero-order chi connectivity index (χ0) is 18.4. The Labute approximate surface area is 146 Å². The lowest BCUT2D eigenvalue weighted by atomic mass is 10.1. The van der Waals surface area contributed by atoms with E-state index in [2.05, 4.69) is 5.32 Å². The van der Waals surface area contributed by atoms with E-state index in [-0.39, 0.29) is 5.56 Å². The molecule has 0 unspecified atom stereocenters. The van der Waals surface area contributed by atoms with E-state index in [4.69, 9.17) is 20.0 Å². The first-order valence-electron chi connectivity index (χ1n) is 7.53. The summed E-state index contributed by atoms with van der Waals surface area (Å²) in [5, 5.41) is 20.6. The van der Waals surface area contributed by atoms with E-state index in [1.807, 2.05) is 12.1 Å². The highest BCUT2D eigenvalue weighted by Gasteiger charge is 2.16. The van der Waals surface area contributed by atoms with Gasteiger partial charge in [-0.05, 0) is 63.2 Å². The average molecular weight is 335 g/mol. The molecule has 0 saturated heterocycles. The first-order chi connectivity index (χ1) is 11.8. The fraction of sp³-hybridized carbons (Fsp3) is 0.211.